The van der Waals surface area contributed by atoms with Gasteiger partial charge in [0.05, 0.1) is 12.7 Å². The van der Waals surface area contributed by atoms with Crippen molar-refractivity contribution in [2.75, 3.05) is 20.3 Å². The van der Waals surface area contributed by atoms with Crippen molar-refractivity contribution in [1.82, 2.24) is 0 Å². The van der Waals surface area contributed by atoms with Gasteiger partial charge < -0.3 is 14.6 Å². The smallest absolute Gasteiger partial charge is 0.122 e. The summed E-state index contributed by atoms with van der Waals surface area (Å²) in [6.45, 7) is 1.33. The zero-order valence-electron chi connectivity index (χ0n) is 10.3. The molecule has 0 aromatic heterocycles. The first-order chi connectivity index (χ1) is 8.31. The van der Waals surface area contributed by atoms with Crippen molar-refractivity contribution in [2.24, 2.45) is 5.92 Å². The van der Waals surface area contributed by atoms with Crippen LogP contribution >= 0.6 is 0 Å². The third-order valence-electron chi connectivity index (χ3n) is 3.30. The lowest BCUT2D eigenvalue weighted by Crippen LogP contribution is -2.31. The maximum Gasteiger partial charge on any atom is 0.122 e. The second kappa shape index (κ2) is 6.03. The van der Waals surface area contributed by atoms with E-state index in [9.17, 15) is 5.11 Å². The summed E-state index contributed by atoms with van der Waals surface area (Å²) in [5, 5.41) is 10.1. The van der Waals surface area contributed by atoms with Gasteiger partial charge in [0.1, 0.15) is 5.75 Å². The fraction of sp³-hybridized carbons (Fsp3) is 0.571. The van der Waals surface area contributed by atoms with Crippen LogP contribution in [-0.2, 0) is 11.2 Å². The average molecular weight is 236 g/mol. The first kappa shape index (κ1) is 12.4. The van der Waals surface area contributed by atoms with E-state index in [4.69, 9.17) is 9.47 Å². The molecule has 3 nitrogen and oxygen atoms in total. The van der Waals surface area contributed by atoms with Crippen LogP contribution in [0.1, 0.15) is 18.4 Å². The SMILES string of the molecule is COCCCC(O)C1COc2ccccc2C1. The van der Waals surface area contributed by atoms with Crippen LogP contribution in [-0.4, -0.2) is 31.5 Å². The normalized spacial score (nSPS) is 20.5. The average Bonchev–Trinajstić information content (AvgIpc) is 2.38. The van der Waals surface area contributed by atoms with Crippen molar-refractivity contribution < 1.29 is 14.6 Å². The Hall–Kier alpha value is -1.06. The first-order valence-corrected chi connectivity index (χ1v) is 6.19. The van der Waals surface area contributed by atoms with Gasteiger partial charge in [-0.25, -0.2) is 0 Å². The molecule has 1 aromatic rings. The summed E-state index contributed by atoms with van der Waals surface area (Å²) in [5.41, 5.74) is 1.20. The zero-order valence-corrected chi connectivity index (χ0v) is 10.3. The number of ether oxygens (including phenoxy) is 2. The Labute approximate surface area is 102 Å². The lowest BCUT2D eigenvalue weighted by Gasteiger charge is -2.28. The summed E-state index contributed by atoms with van der Waals surface area (Å²) in [6.07, 6.45) is 2.29. The second-order valence-corrected chi connectivity index (χ2v) is 4.59. The van der Waals surface area contributed by atoms with Gasteiger partial charge >= 0.3 is 0 Å². The Kier molecular flexibility index (Phi) is 4.40. The van der Waals surface area contributed by atoms with Gasteiger partial charge in [-0.3, -0.25) is 0 Å². The minimum Gasteiger partial charge on any atom is -0.493 e. The Morgan fingerprint density at radius 2 is 2.29 bits per heavy atom. The van der Waals surface area contributed by atoms with E-state index >= 15 is 0 Å². The third-order valence-corrected chi connectivity index (χ3v) is 3.30. The van der Waals surface area contributed by atoms with E-state index in [1.165, 1.54) is 5.56 Å². The van der Waals surface area contributed by atoms with Crippen molar-refractivity contribution in [3.05, 3.63) is 29.8 Å². The Morgan fingerprint density at radius 1 is 1.47 bits per heavy atom. The van der Waals surface area contributed by atoms with Gasteiger partial charge in [-0.15, -0.1) is 0 Å². The van der Waals surface area contributed by atoms with Gasteiger partial charge in [0, 0.05) is 19.6 Å². The summed E-state index contributed by atoms with van der Waals surface area (Å²) >= 11 is 0. The molecule has 3 heteroatoms. The molecule has 1 N–H and O–H groups in total. The summed E-state index contributed by atoms with van der Waals surface area (Å²) in [6, 6.07) is 8.06. The van der Waals surface area contributed by atoms with E-state index in [0.717, 1.165) is 25.0 Å². The number of para-hydroxylation sites is 1. The molecular formula is C14H20O3. The fourth-order valence-corrected chi connectivity index (χ4v) is 2.27. The molecule has 0 saturated carbocycles. The molecule has 0 amide bonds. The maximum atomic E-state index is 10.1. The molecule has 1 aliphatic rings. The van der Waals surface area contributed by atoms with Crippen LogP contribution in [0.3, 0.4) is 0 Å². The minimum absolute atomic E-state index is 0.210. The molecule has 0 fully saturated rings. The standard InChI is InChI=1S/C14H20O3/c1-16-8-4-6-13(15)12-9-11-5-2-3-7-14(11)17-10-12/h2-3,5,7,12-13,15H,4,6,8-10H2,1H3. The highest BCUT2D eigenvalue weighted by Gasteiger charge is 2.25. The van der Waals surface area contributed by atoms with Crippen molar-refractivity contribution in [3.63, 3.8) is 0 Å². The van der Waals surface area contributed by atoms with Gasteiger partial charge in [0.15, 0.2) is 0 Å². The quantitative estimate of drug-likeness (QED) is 0.795. The molecule has 2 unspecified atom stereocenters. The predicted molar refractivity (Wildman–Crippen MR) is 66.2 cm³/mol. The molecular weight excluding hydrogens is 216 g/mol. The number of hydrogen-bond acceptors (Lipinski definition) is 3. The highest BCUT2D eigenvalue weighted by atomic mass is 16.5. The fourth-order valence-electron chi connectivity index (χ4n) is 2.27. The van der Waals surface area contributed by atoms with E-state index in [-0.39, 0.29) is 12.0 Å². The van der Waals surface area contributed by atoms with Crippen molar-refractivity contribution >= 4 is 0 Å². The summed E-state index contributed by atoms with van der Waals surface area (Å²) < 4.78 is 10.7. The highest BCUT2D eigenvalue weighted by molar-refractivity contribution is 5.35. The Balaban J connectivity index is 1.88. The molecule has 0 radical (unpaired) electrons. The molecule has 1 aliphatic heterocycles. The molecule has 2 rings (SSSR count). The topological polar surface area (TPSA) is 38.7 Å². The van der Waals surface area contributed by atoms with Crippen LogP contribution in [0.4, 0.5) is 0 Å². The highest BCUT2D eigenvalue weighted by Crippen LogP contribution is 2.29. The van der Waals surface area contributed by atoms with E-state index in [1.807, 2.05) is 18.2 Å². The van der Waals surface area contributed by atoms with Crippen LogP contribution in [0.2, 0.25) is 0 Å². The molecule has 0 spiro atoms. The molecule has 1 heterocycles. The molecule has 0 saturated heterocycles. The van der Waals surface area contributed by atoms with Crippen molar-refractivity contribution in [1.29, 1.82) is 0 Å². The lowest BCUT2D eigenvalue weighted by atomic mass is 9.90. The number of fused-ring (bicyclic) bond motifs is 1. The molecule has 2 atom stereocenters. The zero-order chi connectivity index (χ0) is 12.1. The summed E-state index contributed by atoms with van der Waals surface area (Å²) in [5.74, 6) is 1.18. The molecule has 0 bridgehead atoms. The monoisotopic (exact) mass is 236 g/mol. The van der Waals surface area contributed by atoms with Crippen molar-refractivity contribution in [2.45, 2.75) is 25.4 Å². The number of aliphatic hydroxyl groups is 1. The Bertz CT molecular complexity index is 351. The van der Waals surface area contributed by atoms with E-state index in [0.29, 0.717) is 13.2 Å². The van der Waals surface area contributed by atoms with Gasteiger partial charge in [-0.2, -0.15) is 0 Å². The van der Waals surface area contributed by atoms with E-state index in [1.54, 1.807) is 7.11 Å². The van der Waals surface area contributed by atoms with Crippen LogP contribution in [0.5, 0.6) is 5.75 Å². The first-order valence-electron chi connectivity index (χ1n) is 6.19. The number of hydrogen-bond donors (Lipinski definition) is 1. The summed E-state index contributed by atoms with van der Waals surface area (Å²) in [4.78, 5) is 0. The van der Waals surface area contributed by atoms with Crippen LogP contribution < -0.4 is 4.74 Å². The van der Waals surface area contributed by atoms with Crippen molar-refractivity contribution in [3.8, 4) is 5.75 Å². The Morgan fingerprint density at radius 3 is 3.12 bits per heavy atom. The third kappa shape index (κ3) is 3.20. The number of rotatable bonds is 5. The van der Waals surface area contributed by atoms with Gasteiger partial charge in [0.2, 0.25) is 0 Å². The minimum atomic E-state index is -0.293. The van der Waals surface area contributed by atoms with Crippen LogP contribution in [0.25, 0.3) is 0 Å². The lowest BCUT2D eigenvalue weighted by molar-refractivity contribution is 0.0510. The van der Waals surface area contributed by atoms with Gasteiger partial charge in [0.25, 0.3) is 0 Å². The molecule has 0 aliphatic carbocycles. The number of aliphatic hydroxyl groups excluding tert-OH is 1. The van der Waals surface area contributed by atoms with Crippen LogP contribution in [0.15, 0.2) is 24.3 Å². The second-order valence-electron chi connectivity index (χ2n) is 4.59. The molecule has 1 aromatic carbocycles. The van der Waals surface area contributed by atoms with E-state index in [2.05, 4.69) is 6.07 Å². The van der Waals surface area contributed by atoms with Gasteiger partial charge in [-0.05, 0) is 30.9 Å². The molecule has 94 valence electrons. The van der Waals surface area contributed by atoms with Gasteiger partial charge in [-0.1, -0.05) is 18.2 Å². The number of benzene rings is 1. The van der Waals surface area contributed by atoms with Crippen LogP contribution in [0, 0.1) is 5.92 Å². The maximum absolute atomic E-state index is 10.1. The molecule has 17 heavy (non-hydrogen) atoms. The number of methoxy groups -OCH3 is 1. The largest absolute Gasteiger partial charge is 0.493 e. The summed E-state index contributed by atoms with van der Waals surface area (Å²) in [7, 11) is 1.69. The van der Waals surface area contributed by atoms with E-state index < -0.39 is 0 Å². The predicted octanol–water partition coefficient (Wildman–Crippen LogP) is 2.03.